The number of nitrogens with zero attached hydrogens (tertiary/aromatic N) is 1. The number of hydrogen-bond donors (Lipinski definition) is 1. The van der Waals surface area contributed by atoms with Gasteiger partial charge in [-0.1, -0.05) is 12.1 Å². The van der Waals surface area contributed by atoms with Crippen molar-refractivity contribution in [3.63, 3.8) is 0 Å². The van der Waals surface area contributed by atoms with Crippen molar-refractivity contribution >= 4 is 11.6 Å². The fraction of sp³-hybridized carbons (Fsp3) is 0.579. The van der Waals surface area contributed by atoms with Crippen LogP contribution in [0.1, 0.15) is 37.7 Å². The van der Waals surface area contributed by atoms with E-state index in [2.05, 4.69) is 10.5 Å². The Kier molecular flexibility index (Phi) is 3.83. The molecule has 0 aliphatic heterocycles. The Hall–Kier alpha value is -1.84. The van der Waals surface area contributed by atoms with E-state index in [-0.39, 0.29) is 5.91 Å². The van der Waals surface area contributed by atoms with Crippen LogP contribution < -0.4 is 10.2 Å². The Labute approximate surface area is 137 Å². The lowest BCUT2D eigenvalue weighted by Gasteiger charge is -2.50. The van der Waals surface area contributed by atoms with Gasteiger partial charge in [0.15, 0.2) is 0 Å². The number of carbonyl (C=O) groups excluding carboxylic acids is 1. The van der Waals surface area contributed by atoms with Gasteiger partial charge in [0.25, 0.3) is 0 Å². The van der Waals surface area contributed by atoms with E-state index in [9.17, 15) is 4.79 Å². The number of hydrogen-bond acceptors (Lipinski definition) is 3. The molecular weight excluding hydrogens is 288 g/mol. The molecule has 0 radical (unpaired) electrons. The number of rotatable bonds is 4. The topological polar surface area (TPSA) is 50.7 Å². The van der Waals surface area contributed by atoms with Gasteiger partial charge in [0, 0.05) is 5.71 Å². The van der Waals surface area contributed by atoms with Crippen LogP contribution in [0.25, 0.3) is 0 Å². The van der Waals surface area contributed by atoms with Crippen molar-refractivity contribution in [2.24, 2.45) is 28.8 Å². The van der Waals surface area contributed by atoms with Crippen LogP contribution >= 0.6 is 0 Å². The molecule has 0 unspecified atom stereocenters. The third-order valence-corrected chi connectivity index (χ3v) is 5.81. The van der Waals surface area contributed by atoms with Crippen molar-refractivity contribution in [2.75, 3.05) is 7.11 Å². The highest BCUT2D eigenvalue weighted by Crippen LogP contribution is 2.52. The number of hydrazone groups is 1. The molecule has 4 nitrogen and oxygen atoms in total. The molecule has 1 aromatic rings. The number of nitrogens with one attached hydrogen (secondary N) is 1. The molecule has 1 amide bonds. The minimum atomic E-state index is -0.0310. The molecule has 4 saturated carbocycles. The minimum absolute atomic E-state index is 0.0310. The van der Waals surface area contributed by atoms with Crippen molar-refractivity contribution in [3.8, 4) is 5.75 Å². The molecule has 122 valence electrons. The van der Waals surface area contributed by atoms with Gasteiger partial charge in [-0.2, -0.15) is 5.10 Å². The van der Waals surface area contributed by atoms with Gasteiger partial charge in [0.1, 0.15) is 5.75 Å². The lowest BCUT2D eigenvalue weighted by molar-refractivity contribution is -0.120. The zero-order chi connectivity index (χ0) is 15.8. The first-order valence-electron chi connectivity index (χ1n) is 8.70. The first-order valence-corrected chi connectivity index (χ1v) is 8.70. The van der Waals surface area contributed by atoms with Gasteiger partial charge in [-0.25, -0.2) is 5.43 Å². The largest absolute Gasteiger partial charge is 0.497 e. The van der Waals surface area contributed by atoms with Crippen LogP contribution in [0, 0.1) is 23.7 Å². The Morgan fingerprint density at radius 1 is 1.09 bits per heavy atom. The van der Waals surface area contributed by atoms with E-state index in [0.717, 1.165) is 23.1 Å². The van der Waals surface area contributed by atoms with Gasteiger partial charge in [0.05, 0.1) is 13.5 Å². The molecule has 4 fully saturated rings. The highest BCUT2D eigenvalue weighted by molar-refractivity contribution is 5.92. The Morgan fingerprint density at radius 2 is 1.70 bits per heavy atom. The lowest BCUT2D eigenvalue weighted by atomic mass is 9.55. The summed E-state index contributed by atoms with van der Waals surface area (Å²) in [5.74, 6) is 3.89. The van der Waals surface area contributed by atoms with E-state index in [0.29, 0.717) is 18.3 Å². The smallest absolute Gasteiger partial charge is 0.244 e. The minimum Gasteiger partial charge on any atom is -0.497 e. The first kappa shape index (κ1) is 14.7. The summed E-state index contributed by atoms with van der Waals surface area (Å²) >= 11 is 0. The van der Waals surface area contributed by atoms with Gasteiger partial charge in [-0.05, 0) is 73.5 Å². The van der Waals surface area contributed by atoms with E-state index in [1.54, 1.807) is 7.11 Å². The van der Waals surface area contributed by atoms with Gasteiger partial charge >= 0.3 is 0 Å². The summed E-state index contributed by atoms with van der Waals surface area (Å²) in [7, 11) is 1.64. The van der Waals surface area contributed by atoms with E-state index in [4.69, 9.17) is 4.74 Å². The molecule has 4 aliphatic carbocycles. The van der Waals surface area contributed by atoms with Crippen molar-refractivity contribution in [3.05, 3.63) is 29.8 Å². The Bertz CT molecular complexity index is 591. The fourth-order valence-corrected chi connectivity index (χ4v) is 4.94. The number of ether oxygens (including phenoxy) is 1. The van der Waals surface area contributed by atoms with Crippen molar-refractivity contribution in [1.29, 1.82) is 0 Å². The molecule has 0 atom stereocenters. The van der Waals surface area contributed by atoms with Crippen LogP contribution in [0.5, 0.6) is 5.75 Å². The van der Waals surface area contributed by atoms with Crippen LogP contribution in [0.3, 0.4) is 0 Å². The number of benzene rings is 1. The van der Waals surface area contributed by atoms with E-state index in [1.807, 2.05) is 24.3 Å². The standard InChI is InChI=1S/C19H24N2O2/c1-23-17-4-2-12(3-5-17)11-18(22)20-21-19-15-7-13-6-14(9-15)10-16(19)8-13/h2-5,13-16H,6-11H2,1H3,(H,20,22). The second-order valence-electron chi connectivity index (χ2n) is 7.40. The van der Waals surface area contributed by atoms with Crippen LogP contribution in [0.15, 0.2) is 29.4 Å². The number of carbonyl (C=O) groups is 1. The third kappa shape index (κ3) is 2.99. The average molecular weight is 312 g/mol. The predicted molar refractivity (Wildman–Crippen MR) is 89.3 cm³/mol. The number of methoxy groups -OCH3 is 1. The van der Waals surface area contributed by atoms with Crippen molar-refractivity contribution in [1.82, 2.24) is 5.43 Å². The maximum absolute atomic E-state index is 12.2. The van der Waals surface area contributed by atoms with Gasteiger partial charge in [0.2, 0.25) is 5.91 Å². The zero-order valence-electron chi connectivity index (χ0n) is 13.6. The van der Waals surface area contributed by atoms with Crippen LogP contribution in [0.4, 0.5) is 0 Å². The van der Waals surface area contributed by atoms with E-state index >= 15 is 0 Å². The molecule has 1 aromatic carbocycles. The first-order chi connectivity index (χ1) is 11.2. The molecule has 23 heavy (non-hydrogen) atoms. The monoisotopic (exact) mass is 312 g/mol. The normalized spacial score (nSPS) is 31.1. The molecule has 4 bridgehead atoms. The fourth-order valence-electron chi connectivity index (χ4n) is 4.94. The molecule has 1 N–H and O–H groups in total. The summed E-state index contributed by atoms with van der Waals surface area (Å²) < 4.78 is 5.13. The zero-order valence-corrected chi connectivity index (χ0v) is 13.6. The van der Waals surface area contributed by atoms with Crippen LogP contribution in [-0.2, 0) is 11.2 Å². The second-order valence-corrected chi connectivity index (χ2v) is 7.40. The highest BCUT2D eigenvalue weighted by atomic mass is 16.5. The quantitative estimate of drug-likeness (QED) is 0.868. The molecule has 4 heteroatoms. The SMILES string of the molecule is COc1ccc(CC(=O)NN=C2C3CC4CC(C3)CC2C4)cc1. The molecule has 0 heterocycles. The van der Waals surface area contributed by atoms with Crippen molar-refractivity contribution < 1.29 is 9.53 Å². The van der Waals surface area contributed by atoms with E-state index < -0.39 is 0 Å². The average Bonchev–Trinajstić information content (AvgIpc) is 2.54. The Balaban J connectivity index is 1.37. The van der Waals surface area contributed by atoms with Crippen LogP contribution in [0.2, 0.25) is 0 Å². The maximum atomic E-state index is 12.2. The summed E-state index contributed by atoms with van der Waals surface area (Å²) in [6.07, 6.45) is 6.96. The summed E-state index contributed by atoms with van der Waals surface area (Å²) in [6, 6.07) is 7.61. The van der Waals surface area contributed by atoms with E-state index in [1.165, 1.54) is 37.8 Å². The summed E-state index contributed by atoms with van der Waals surface area (Å²) in [5.41, 5.74) is 5.06. The van der Waals surface area contributed by atoms with Crippen LogP contribution in [-0.4, -0.2) is 18.7 Å². The maximum Gasteiger partial charge on any atom is 0.244 e. The summed E-state index contributed by atoms with van der Waals surface area (Å²) in [6.45, 7) is 0. The lowest BCUT2D eigenvalue weighted by Crippen LogP contribution is -2.46. The molecular formula is C19H24N2O2. The van der Waals surface area contributed by atoms with Gasteiger partial charge in [-0.15, -0.1) is 0 Å². The predicted octanol–water partition coefficient (Wildman–Crippen LogP) is 3.17. The number of amides is 1. The molecule has 0 spiro atoms. The molecule has 0 aromatic heterocycles. The Morgan fingerprint density at radius 3 is 2.26 bits per heavy atom. The summed E-state index contributed by atoms with van der Waals surface area (Å²) in [4.78, 5) is 12.2. The molecule has 5 rings (SSSR count). The highest BCUT2D eigenvalue weighted by Gasteiger charge is 2.46. The molecule has 4 aliphatic rings. The van der Waals surface area contributed by atoms with Gasteiger partial charge in [-0.3, -0.25) is 4.79 Å². The second kappa shape index (κ2) is 5.99. The molecule has 0 saturated heterocycles. The van der Waals surface area contributed by atoms with Crippen molar-refractivity contribution in [2.45, 2.75) is 38.5 Å². The van der Waals surface area contributed by atoms with Gasteiger partial charge < -0.3 is 4.74 Å². The summed E-state index contributed by atoms with van der Waals surface area (Å²) in [5, 5.41) is 4.54. The third-order valence-electron chi connectivity index (χ3n) is 5.81.